The fraction of sp³-hybridized carbons (Fsp3) is 0.214. The summed E-state index contributed by atoms with van der Waals surface area (Å²) >= 11 is 2.84. The van der Waals surface area contributed by atoms with E-state index in [1.54, 1.807) is 12.1 Å². The maximum absolute atomic E-state index is 13.5. The summed E-state index contributed by atoms with van der Waals surface area (Å²) in [7, 11) is 0. The van der Waals surface area contributed by atoms with E-state index in [9.17, 15) is 4.39 Å². The van der Waals surface area contributed by atoms with Crippen molar-refractivity contribution in [3.8, 4) is 6.07 Å². The number of nitrogens with zero attached hydrogens (tertiary/aromatic N) is 1. The third-order valence-corrected chi connectivity index (χ3v) is 4.87. The Morgan fingerprint density at radius 1 is 1.45 bits per heavy atom. The summed E-state index contributed by atoms with van der Waals surface area (Å²) in [6.07, 6.45) is 2.50. The maximum atomic E-state index is 13.5. The van der Waals surface area contributed by atoms with Gasteiger partial charge in [-0.25, -0.2) is 4.39 Å². The Kier molecular flexibility index (Phi) is 4.88. The molecule has 2 rings (SSSR count). The van der Waals surface area contributed by atoms with Crippen LogP contribution in [0.25, 0.3) is 0 Å². The van der Waals surface area contributed by atoms with Crippen LogP contribution in [0, 0.1) is 17.1 Å². The van der Waals surface area contributed by atoms with Crippen molar-refractivity contribution in [3.05, 3.63) is 40.5 Å². The third-order valence-electron chi connectivity index (χ3n) is 2.84. The van der Waals surface area contributed by atoms with E-state index in [0.717, 1.165) is 9.90 Å². The second-order valence-electron chi connectivity index (χ2n) is 4.09. The van der Waals surface area contributed by atoms with Crippen LogP contribution in [0.3, 0.4) is 0 Å². The fourth-order valence-corrected chi connectivity index (χ4v) is 3.70. The SMILES string of the molecule is CSc1c(NCCc2ccccc2F)sc(C#N)c1N. The van der Waals surface area contributed by atoms with Gasteiger partial charge in [0.2, 0.25) is 0 Å². The summed E-state index contributed by atoms with van der Waals surface area (Å²) in [4.78, 5) is 1.41. The van der Waals surface area contributed by atoms with E-state index in [4.69, 9.17) is 11.0 Å². The monoisotopic (exact) mass is 307 g/mol. The molecule has 20 heavy (non-hydrogen) atoms. The number of nitrogens with one attached hydrogen (secondary N) is 1. The quantitative estimate of drug-likeness (QED) is 0.827. The van der Waals surface area contributed by atoms with Gasteiger partial charge in [-0.1, -0.05) is 18.2 Å². The van der Waals surface area contributed by atoms with E-state index < -0.39 is 0 Å². The first kappa shape index (κ1) is 14.7. The molecule has 0 saturated carbocycles. The largest absolute Gasteiger partial charge is 0.396 e. The molecular formula is C14H14FN3S2. The van der Waals surface area contributed by atoms with E-state index in [1.807, 2.05) is 12.3 Å². The molecule has 0 spiro atoms. The minimum atomic E-state index is -0.192. The van der Waals surface area contributed by atoms with Gasteiger partial charge in [-0.15, -0.1) is 23.1 Å². The van der Waals surface area contributed by atoms with Gasteiger partial charge in [0.15, 0.2) is 0 Å². The highest BCUT2D eigenvalue weighted by atomic mass is 32.2. The van der Waals surface area contributed by atoms with Gasteiger partial charge in [-0.2, -0.15) is 5.26 Å². The van der Waals surface area contributed by atoms with Crippen LogP contribution >= 0.6 is 23.1 Å². The van der Waals surface area contributed by atoms with Crippen LogP contribution in [0.15, 0.2) is 29.2 Å². The number of benzene rings is 1. The molecule has 0 bridgehead atoms. The standard InChI is InChI=1S/C14H14FN3S2/c1-19-13-12(17)11(8-16)20-14(13)18-7-6-9-4-2-3-5-10(9)15/h2-5,18H,6-7,17H2,1H3. The van der Waals surface area contributed by atoms with Crippen LogP contribution in [0.2, 0.25) is 0 Å². The second-order valence-corrected chi connectivity index (χ2v) is 5.92. The molecule has 0 atom stereocenters. The third kappa shape index (κ3) is 3.06. The lowest BCUT2D eigenvalue weighted by molar-refractivity contribution is 0.610. The van der Waals surface area contributed by atoms with E-state index in [1.165, 1.54) is 29.2 Å². The summed E-state index contributed by atoms with van der Waals surface area (Å²) in [6.45, 7) is 0.597. The molecule has 0 unspecified atom stereocenters. The van der Waals surface area contributed by atoms with Crippen LogP contribution in [-0.4, -0.2) is 12.8 Å². The Balaban J connectivity index is 2.05. The number of thiophene rings is 1. The van der Waals surface area contributed by atoms with Gasteiger partial charge in [-0.3, -0.25) is 0 Å². The average Bonchev–Trinajstić information content (AvgIpc) is 2.76. The molecule has 104 valence electrons. The van der Waals surface area contributed by atoms with Crippen LogP contribution in [0.1, 0.15) is 10.4 Å². The first-order chi connectivity index (χ1) is 9.67. The highest BCUT2D eigenvalue weighted by Crippen LogP contribution is 2.41. The highest BCUT2D eigenvalue weighted by molar-refractivity contribution is 7.99. The number of nitrogens with two attached hydrogens (primary N) is 1. The topological polar surface area (TPSA) is 61.8 Å². The molecule has 0 aliphatic rings. The van der Waals surface area contributed by atoms with Crippen molar-refractivity contribution < 1.29 is 4.39 Å². The molecule has 0 aliphatic carbocycles. The molecule has 3 N–H and O–H groups in total. The first-order valence-corrected chi connectivity index (χ1v) is 8.05. The summed E-state index contributed by atoms with van der Waals surface area (Å²) in [5.74, 6) is -0.192. The average molecular weight is 307 g/mol. The van der Waals surface area contributed by atoms with E-state index in [-0.39, 0.29) is 5.82 Å². The lowest BCUT2D eigenvalue weighted by atomic mass is 10.1. The molecule has 6 heteroatoms. The molecule has 1 heterocycles. The smallest absolute Gasteiger partial charge is 0.131 e. The molecule has 1 aromatic carbocycles. The molecular weight excluding hydrogens is 293 g/mol. The van der Waals surface area contributed by atoms with Crippen molar-refractivity contribution in [2.45, 2.75) is 11.3 Å². The highest BCUT2D eigenvalue weighted by Gasteiger charge is 2.14. The number of nitrogen functional groups attached to an aromatic ring is 1. The van der Waals surface area contributed by atoms with E-state index in [0.29, 0.717) is 29.1 Å². The number of anilines is 2. The predicted octanol–water partition coefficient (Wildman–Crippen LogP) is 3.72. The molecule has 1 aromatic heterocycles. The zero-order valence-electron chi connectivity index (χ0n) is 10.9. The van der Waals surface area contributed by atoms with Crippen molar-refractivity contribution in [1.82, 2.24) is 0 Å². The van der Waals surface area contributed by atoms with Gasteiger partial charge < -0.3 is 11.1 Å². The second kappa shape index (κ2) is 6.64. The van der Waals surface area contributed by atoms with Crippen molar-refractivity contribution in [3.63, 3.8) is 0 Å². The molecule has 0 aliphatic heterocycles. The number of rotatable bonds is 5. The molecule has 0 fully saturated rings. The fourth-order valence-electron chi connectivity index (χ4n) is 1.84. The molecule has 3 nitrogen and oxygen atoms in total. The lowest BCUT2D eigenvalue weighted by Crippen LogP contribution is -2.05. The van der Waals surface area contributed by atoms with Gasteiger partial charge in [0.05, 0.1) is 10.6 Å². The van der Waals surface area contributed by atoms with Crippen LogP contribution < -0.4 is 11.1 Å². The van der Waals surface area contributed by atoms with Gasteiger partial charge >= 0.3 is 0 Å². The summed E-state index contributed by atoms with van der Waals surface area (Å²) < 4.78 is 13.5. The van der Waals surface area contributed by atoms with Crippen LogP contribution in [0.5, 0.6) is 0 Å². The van der Waals surface area contributed by atoms with Crippen molar-refractivity contribution in [2.24, 2.45) is 0 Å². The number of thioether (sulfide) groups is 1. The van der Waals surface area contributed by atoms with Crippen LogP contribution in [0.4, 0.5) is 15.1 Å². The molecule has 0 radical (unpaired) electrons. The molecule has 0 amide bonds. The number of hydrogen-bond acceptors (Lipinski definition) is 5. The lowest BCUT2D eigenvalue weighted by Gasteiger charge is -2.07. The summed E-state index contributed by atoms with van der Waals surface area (Å²) in [5.41, 5.74) is 7.10. The number of hydrogen-bond donors (Lipinski definition) is 2. The van der Waals surface area contributed by atoms with Gasteiger partial charge in [0.1, 0.15) is 21.8 Å². The predicted molar refractivity (Wildman–Crippen MR) is 83.8 cm³/mol. The van der Waals surface area contributed by atoms with Gasteiger partial charge in [0, 0.05) is 6.54 Å². The van der Waals surface area contributed by atoms with Crippen molar-refractivity contribution in [2.75, 3.05) is 23.9 Å². The summed E-state index contributed by atoms with van der Waals surface area (Å²) in [6, 6.07) is 8.82. The Morgan fingerprint density at radius 2 is 2.20 bits per heavy atom. The minimum absolute atomic E-state index is 0.192. The zero-order valence-corrected chi connectivity index (χ0v) is 12.6. The molecule has 0 saturated heterocycles. The zero-order chi connectivity index (χ0) is 14.5. The maximum Gasteiger partial charge on any atom is 0.131 e. The van der Waals surface area contributed by atoms with Crippen molar-refractivity contribution >= 4 is 33.8 Å². The first-order valence-electron chi connectivity index (χ1n) is 6.01. The summed E-state index contributed by atoms with van der Waals surface area (Å²) in [5, 5.41) is 13.1. The number of nitriles is 1. The Bertz CT molecular complexity index is 646. The minimum Gasteiger partial charge on any atom is -0.396 e. The van der Waals surface area contributed by atoms with E-state index in [2.05, 4.69) is 11.4 Å². The number of halogens is 1. The van der Waals surface area contributed by atoms with Gasteiger partial charge in [0.25, 0.3) is 0 Å². The van der Waals surface area contributed by atoms with E-state index >= 15 is 0 Å². The van der Waals surface area contributed by atoms with Gasteiger partial charge in [-0.05, 0) is 24.3 Å². The Morgan fingerprint density at radius 3 is 2.85 bits per heavy atom. The van der Waals surface area contributed by atoms with Crippen LogP contribution in [-0.2, 0) is 6.42 Å². The van der Waals surface area contributed by atoms with Crippen molar-refractivity contribution in [1.29, 1.82) is 5.26 Å². The Labute approximate surface area is 125 Å². The molecule has 2 aromatic rings. The Hall–Kier alpha value is -1.71. The normalized spacial score (nSPS) is 10.2.